The lowest BCUT2D eigenvalue weighted by atomic mass is 9.94. The van der Waals surface area contributed by atoms with Crippen molar-refractivity contribution < 1.29 is 14.3 Å². The molecule has 236 valence electrons. The minimum Gasteiger partial charge on any atom is -0.495 e. The van der Waals surface area contributed by atoms with Gasteiger partial charge in [0.05, 0.1) is 18.2 Å². The SMILES string of the molecule is CCC(C)CNC(=O)c1cn(CCCCCC2CCCN(CCOc3cccc4ccccc34)CC2)c2c(OC)cccc12. The van der Waals surface area contributed by atoms with Crippen LogP contribution in [-0.2, 0) is 6.54 Å². The van der Waals surface area contributed by atoms with Crippen LogP contribution in [0.25, 0.3) is 21.7 Å². The Hall–Kier alpha value is -3.51. The van der Waals surface area contributed by atoms with E-state index in [0.29, 0.717) is 12.5 Å². The zero-order valence-electron chi connectivity index (χ0n) is 27.0. The van der Waals surface area contributed by atoms with Crippen LogP contribution in [0.15, 0.2) is 66.9 Å². The number of methoxy groups -OCH3 is 1. The van der Waals surface area contributed by atoms with Gasteiger partial charge in [-0.25, -0.2) is 0 Å². The molecular weight excluding hydrogens is 546 g/mol. The van der Waals surface area contributed by atoms with Gasteiger partial charge < -0.3 is 19.4 Å². The summed E-state index contributed by atoms with van der Waals surface area (Å²) in [5.41, 5.74) is 1.77. The first-order chi connectivity index (χ1) is 21.6. The number of amides is 1. The Balaban J connectivity index is 1.06. The fourth-order valence-electron chi connectivity index (χ4n) is 6.59. The molecule has 1 amide bonds. The molecule has 2 unspecified atom stereocenters. The number of nitrogens with one attached hydrogen (secondary N) is 1. The summed E-state index contributed by atoms with van der Waals surface area (Å²) in [6.07, 6.45) is 11.8. The Labute approximate surface area is 263 Å². The van der Waals surface area contributed by atoms with E-state index in [4.69, 9.17) is 9.47 Å². The maximum absolute atomic E-state index is 13.1. The maximum atomic E-state index is 13.1. The van der Waals surface area contributed by atoms with Crippen molar-refractivity contribution >= 4 is 27.6 Å². The van der Waals surface area contributed by atoms with Crippen LogP contribution in [-0.4, -0.2) is 55.3 Å². The summed E-state index contributed by atoms with van der Waals surface area (Å²) in [5.74, 6) is 3.10. The van der Waals surface area contributed by atoms with Crippen molar-refractivity contribution in [3.8, 4) is 11.5 Å². The number of para-hydroxylation sites is 1. The molecule has 44 heavy (non-hydrogen) atoms. The second kappa shape index (κ2) is 16.0. The number of carbonyl (C=O) groups excluding carboxylic acids is 1. The first-order valence-corrected chi connectivity index (χ1v) is 16.8. The van der Waals surface area contributed by atoms with E-state index in [-0.39, 0.29) is 5.91 Å². The van der Waals surface area contributed by atoms with Gasteiger partial charge in [0.1, 0.15) is 18.1 Å². The molecule has 1 fully saturated rings. The number of ether oxygens (including phenoxy) is 2. The standard InChI is InChI=1S/C38H51N3O3/c1-4-29(2)27-39-38(42)34-28-41(37-33(34)18-11-20-36(37)43-3)23-9-5-6-13-30-14-12-22-40(24-21-30)25-26-44-35-19-10-16-31-15-7-8-17-32(31)35/h7-8,10-11,15-20,28-30H,4-6,9,12-14,21-27H2,1-3H3,(H,39,42). The van der Waals surface area contributed by atoms with Crippen molar-refractivity contribution in [3.05, 3.63) is 72.4 Å². The highest BCUT2D eigenvalue weighted by atomic mass is 16.5. The lowest BCUT2D eigenvalue weighted by Crippen LogP contribution is -2.29. The van der Waals surface area contributed by atoms with Crippen molar-refractivity contribution in [3.63, 3.8) is 0 Å². The molecule has 0 radical (unpaired) electrons. The van der Waals surface area contributed by atoms with Crippen molar-refractivity contribution in [2.45, 2.75) is 71.8 Å². The molecule has 0 aliphatic carbocycles. The molecule has 0 spiro atoms. The van der Waals surface area contributed by atoms with Gasteiger partial charge in [0.2, 0.25) is 0 Å². The largest absolute Gasteiger partial charge is 0.495 e. The number of unbranched alkanes of at least 4 members (excludes halogenated alkanes) is 2. The number of nitrogens with zero attached hydrogens (tertiary/aromatic N) is 2. The first-order valence-electron chi connectivity index (χ1n) is 16.8. The van der Waals surface area contributed by atoms with E-state index in [9.17, 15) is 4.79 Å². The monoisotopic (exact) mass is 597 g/mol. The van der Waals surface area contributed by atoms with E-state index in [1.165, 1.54) is 62.4 Å². The Bertz CT molecular complexity index is 1490. The van der Waals surface area contributed by atoms with E-state index >= 15 is 0 Å². The fourth-order valence-corrected chi connectivity index (χ4v) is 6.59. The van der Waals surface area contributed by atoms with Crippen LogP contribution >= 0.6 is 0 Å². The lowest BCUT2D eigenvalue weighted by molar-refractivity contribution is 0.0949. The van der Waals surface area contributed by atoms with Crippen LogP contribution in [0.1, 0.15) is 75.6 Å². The third kappa shape index (κ3) is 8.15. The summed E-state index contributed by atoms with van der Waals surface area (Å²) in [6, 6.07) is 20.8. The minimum absolute atomic E-state index is 0.00448. The highest BCUT2D eigenvalue weighted by molar-refractivity contribution is 6.08. The molecular formula is C38H51N3O3. The van der Waals surface area contributed by atoms with Crippen molar-refractivity contribution in [1.29, 1.82) is 0 Å². The Morgan fingerprint density at radius 1 is 0.932 bits per heavy atom. The third-order valence-corrected chi connectivity index (χ3v) is 9.50. The van der Waals surface area contributed by atoms with Crippen LogP contribution in [0.4, 0.5) is 0 Å². The Kier molecular flexibility index (Phi) is 11.6. The van der Waals surface area contributed by atoms with Gasteiger partial charge in [0, 0.05) is 36.6 Å². The summed E-state index contributed by atoms with van der Waals surface area (Å²) >= 11 is 0. The molecule has 5 rings (SSSR count). The Morgan fingerprint density at radius 2 is 1.73 bits per heavy atom. The van der Waals surface area contributed by atoms with Gasteiger partial charge >= 0.3 is 0 Å². The number of hydrogen-bond donors (Lipinski definition) is 1. The van der Waals surface area contributed by atoms with Crippen molar-refractivity contribution in [2.24, 2.45) is 11.8 Å². The molecule has 2 heterocycles. The number of rotatable bonds is 15. The van der Waals surface area contributed by atoms with E-state index in [2.05, 4.69) is 71.1 Å². The summed E-state index contributed by atoms with van der Waals surface area (Å²) in [4.78, 5) is 15.7. The molecule has 1 aromatic heterocycles. The average Bonchev–Trinajstić information content (AvgIpc) is 3.28. The van der Waals surface area contributed by atoms with Crippen LogP contribution in [0, 0.1) is 11.8 Å². The summed E-state index contributed by atoms with van der Waals surface area (Å²) in [5, 5.41) is 6.53. The molecule has 1 N–H and O–H groups in total. The zero-order valence-corrected chi connectivity index (χ0v) is 27.0. The molecule has 4 aromatic rings. The smallest absolute Gasteiger partial charge is 0.253 e. The summed E-state index contributed by atoms with van der Waals surface area (Å²) in [7, 11) is 1.71. The normalized spacial score (nSPS) is 16.6. The first kappa shape index (κ1) is 31.9. The van der Waals surface area contributed by atoms with Gasteiger partial charge in [-0.1, -0.05) is 88.1 Å². The number of aryl methyl sites for hydroxylation is 1. The molecule has 1 saturated heterocycles. The summed E-state index contributed by atoms with van der Waals surface area (Å²) in [6.45, 7) is 9.98. The highest BCUT2D eigenvalue weighted by Crippen LogP contribution is 2.31. The van der Waals surface area contributed by atoms with E-state index in [1.807, 2.05) is 24.4 Å². The number of benzene rings is 3. The third-order valence-electron chi connectivity index (χ3n) is 9.50. The van der Waals surface area contributed by atoms with E-state index in [0.717, 1.165) is 66.4 Å². The highest BCUT2D eigenvalue weighted by Gasteiger charge is 2.19. The van der Waals surface area contributed by atoms with Gasteiger partial charge in [-0.3, -0.25) is 9.69 Å². The zero-order chi connectivity index (χ0) is 30.7. The van der Waals surface area contributed by atoms with Gasteiger partial charge in [-0.15, -0.1) is 0 Å². The molecule has 1 aliphatic rings. The molecule has 1 aliphatic heterocycles. The molecule has 6 nitrogen and oxygen atoms in total. The van der Waals surface area contributed by atoms with Gasteiger partial charge in [0.25, 0.3) is 5.91 Å². The van der Waals surface area contributed by atoms with Gasteiger partial charge in [0.15, 0.2) is 0 Å². The number of carbonyl (C=O) groups is 1. The fraction of sp³-hybridized carbons (Fsp3) is 0.500. The lowest BCUT2D eigenvalue weighted by Gasteiger charge is -2.20. The quantitative estimate of drug-likeness (QED) is 0.140. The van der Waals surface area contributed by atoms with Crippen molar-refractivity contribution in [2.75, 3.05) is 39.9 Å². The van der Waals surface area contributed by atoms with E-state index < -0.39 is 0 Å². The number of aromatic nitrogens is 1. The van der Waals surface area contributed by atoms with Crippen LogP contribution in [0.3, 0.4) is 0 Å². The molecule has 3 aromatic carbocycles. The van der Waals surface area contributed by atoms with Crippen LogP contribution in [0.5, 0.6) is 11.5 Å². The molecule has 2 atom stereocenters. The van der Waals surface area contributed by atoms with E-state index in [1.54, 1.807) is 7.11 Å². The average molecular weight is 598 g/mol. The van der Waals surface area contributed by atoms with Crippen LogP contribution in [0.2, 0.25) is 0 Å². The Morgan fingerprint density at radius 3 is 2.59 bits per heavy atom. The minimum atomic E-state index is 0.00448. The maximum Gasteiger partial charge on any atom is 0.253 e. The molecule has 6 heteroatoms. The second-order valence-corrected chi connectivity index (χ2v) is 12.6. The number of hydrogen-bond acceptors (Lipinski definition) is 4. The molecule has 0 saturated carbocycles. The summed E-state index contributed by atoms with van der Waals surface area (Å²) < 4.78 is 14.2. The number of fused-ring (bicyclic) bond motifs is 2. The van der Waals surface area contributed by atoms with Gasteiger partial charge in [-0.05, 0) is 68.1 Å². The number of likely N-dealkylation sites (tertiary alicyclic amines) is 1. The van der Waals surface area contributed by atoms with Crippen LogP contribution < -0.4 is 14.8 Å². The second-order valence-electron chi connectivity index (χ2n) is 12.6. The van der Waals surface area contributed by atoms with Gasteiger partial charge in [-0.2, -0.15) is 0 Å². The molecule has 0 bridgehead atoms. The predicted octanol–water partition coefficient (Wildman–Crippen LogP) is 8.32. The van der Waals surface area contributed by atoms with Crippen molar-refractivity contribution in [1.82, 2.24) is 14.8 Å². The predicted molar refractivity (Wildman–Crippen MR) is 182 cm³/mol. The topological polar surface area (TPSA) is 55.7 Å².